The van der Waals surface area contributed by atoms with E-state index in [0.29, 0.717) is 25.6 Å². The number of hydrogen-bond acceptors (Lipinski definition) is 3. The van der Waals surface area contributed by atoms with Crippen LogP contribution < -0.4 is 5.32 Å². The van der Waals surface area contributed by atoms with Gasteiger partial charge in [-0.05, 0) is 19.9 Å². The second kappa shape index (κ2) is 7.24. The second-order valence-corrected chi connectivity index (χ2v) is 4.47. The summed E-state index contributed by atoms with van der Waals surface area (Å²) in [5.74, 6) is 0.0309. The van der Waals surface area contributed by atoms with Crippen molar-refractivity contribution in [2.24, 2.45) is 0 Å². The van der Waals surface area contributed by atoms with Crippen molar-refractivity contribution in [3.63, 3.8) is 0 Å². The van der Waals surface area contributed by atoms with E-state index in [-0.39, 0.29) is 5.91 Å². The predicted molar refractivity (Wildman–Crippen MR) is 62.7 cm³/mol. The SMILES string of the molecule is CN(CC(=O)NCCC#N)C1CCCCC1. The minimum Gasteiger partial charge on any atom is -0.354 e. The molecule has 0 spiro atoms. The molecule has 0 heterocycles. The molecule has 1 rings (SSSR count). The average Bonchev–Trinajstić information content (AvgIpc) is 2.30. The lowest BCUT2D eigenvalue weighted by molar-refractivity contribution is -0.122. The average molecular weight is 223 g/mol. The largest absolute Gasteiger partial charge is 0.354 e. The van der Waals surface area contributed by atoms with Crippen LogP contribution in [0.1, 0.15) is 38.5 Å². The molecule has 0 aromatic carbocycles. The molecule has 1 aliphatic carbocycles. The molecule has 1 N–H and O–H groups in total. The van der Waals surface area contributed by atoms with Crippen molar-refractivity contribution in [2.45, 2.75) is 44.6 Å². The number of rotatable bonds is 5. The molecule has 0 aliphatic heterocycles. The van der Waals surface area contributed by atoms with Gasteiger partial charge in [-0.15, -0.1) is 0 Å². The van der Waals surface area contributed by atoms with Gasteiger partial charge in [0.1, 0.15) is 0 Å². The monoisotopic (exact) mass is 223 g/mol. The molecule has 0 atom stereocenters. The van der Waals surface area contributed by atoms with Crippen LogP contribution in [0, 0.1) is 11.3 Å². The van der Waals surface area contributed by atoms with E-state index in [1.54, 1.807) is 0 Å². The molecule has 0 aromatic rings. The number of amides is 1. The van der Waals surface area contributed by atoms with Crippen molar-refractivity contribution in [1.82, 2.24) is 10.2 Å². The Morgan fingerprint density at radius 3 is 2.75 bits per heavy atom. The number of hydrogen-bond donors (Lipinski definition) is 1. The molecule has 1 amide bonds. The number of carbonyl (C=O) groups excluding carboxylic acids is 1. The molecule has 0 radical (unpaired) electrons. The third-order valence-corrected chi connectivity index (χ3v) is 3.15. The summed E-state index contributed by atoms with van der Waals surface area (Å²) in [4.78, 5) is 13.6. The minimum atomic E-state index is 0.0309. The summed E-state index contributed by atoms with van der Waals surface area (Å²) in [6, 6.07) is 2.58. The fourth-order valence-electron chi connectivity index (χ4n) is 2.19. The Morgan fingerprint density at radius 2 is 2.12 bits per heavy atom. The number of likely N-dealkylation sites (N-methyl/N-ethyl adjacent to an activating group) is 1. The van der Waals surface area contributed by atoms with E-state index in [1.165, 1.54) is 32.1 Å². The topological polar surface area (TPSA) is 56.1 Å². The molecule has 0 bridgehead atoms. The van der Waals surface area contributed by atoms with E-state index in [1.807, 2.05) is 13.1 Å². The number of carbonyl (C=O) groups is 1. The number of nitriles is 1. The first-order valence-electron chi connectivity index (χ1n) is 6.08. The van der Waals surface area contributed by atoms with Crippen LogP contribution in [0.5, 0.6) is 0 Å². The van der Waals surface area contributed by atoms with Gasteiger partial charge in [0.2, 0.25) is 5.91 Å². The lowest BCUT2D eigenvalue weighted by Crippen LogP contribution is -2.41. The second-order valence-electron chi connectivity index (χ2n) is 4.47. The molecule has 1 aliphatic rings. The highest BCUT2D eigenvalue weighted by atomic mass is 16.2. The van der Waals surface area contributed by atoms with Gasteiger partial charge in [0, 0.05) is 12.6 Å². The predicted octanol–water partition coefficient (Wildman–Crippen LogP) is 1.28. The summed E-state index contributed by atoms with van der Waals surface area (Å²) < 4.78 is 0. The van der Waals surface area contributed by atoms with E-state index in [2.05, 4.69) is 10.2 Å². The van der Waals surface area contributed by atoms with Crippen LogP contribution in [0.2, 0.25) is 0 Å². The van der Waals surface area contributed by atoms with Gasteiger partial charge in [-0.3, -0.25) is 9.69 Å². The van der Waals surface area contributed by atoms with Gasteiger partial charge in [0.05, 0.1) is 19.0 Å². The molecule has 16 heavy (non-hydrogen) atoms. The molecular weight excluding hydrogens is 202 g/mol. The molecule has 0 saturated heterocycles. The van der Waals surface area contributed by atoms with Gasteiger partial charge in [0.15, 0.2) is 0 Å². The summed E-state index contributed by atoms with van der Waals surface area (Å²) in [6.45, 7) is 0.921. The smallest absolute Gasteiger partial charge is 0.234 e. The lowest BCUT2D eigenvalue weighted by atomic mass is 9.94. The Morgan fingerprint density at radius 1 is 1.44 bits per heavy atom. The third-order valence-electron chi connectivity index (χ3n) is 3.15. The van der Waals surface area contributed by atoms with Crippen molar-refractivity contribution in [3.05, 3.63) is 0 Å². The molecule has 1 fully saturated rings. The van der Waals surface area contributed by atoms with Gasteiger partial charge >= 0.3 is 0 Å². The highest BCUT2D eigenvalue weighted by Gasteiger charge is 2.19. The Labute approximate surface area is 97.6 Å². The van der Waals surface area contributed by atoms with Crippen molar-refractivity contribution in [2.75, 3.05) is 20.1 Å². The first-order chi connectivity index (χ1) is 7.74. The Hall–Kier alpha value is -1.08. The highest BCUT2D eigenvalue weighted by Crippen LogP contribution is 2.21. The molecule has 4 heteroatoms. The van der Waals surface area contributed by atoms with Crippen LogP contribution in [0.25, 0.3) is 0 Å². The summed E-state index contributed by atoms with van der Waals surface area (Å²) in [5.41, 5.74) is 0. The molecular formula is C12H21N3O. The first kappa shape index (κ1) is 13.0. The van der Waals surface area contributed by atoms with Gasteiger partial charge < -0.3 is 5.32 Å². The molecule has 0 unspecified atom stereocenters. The van der Waals surface area contributed by atoms with E-state index in [4.69, 9.17) is 5.26 Å². The Bertz CT molecular complexity index is 253. The van der Waals surface area contributed by atoms with Crippen LogP contribution in [-0.2, 0) is 4.79 Å². The summed E-state index contributed by atoms with van der Waals surface area (Å²) >= 11 is 0. The van der Waals surface area contributed by atoms with Gasteiger partial charge in [0.25, 0.3) is 0 Å². The van der Waals surface area contributed by atoms with E-state index >= 15 is 0 Å². The van der Waals surface area contributed by atoms with E-state index < -0.39 is 0 Å². The zero-order valence-electron chi connectivity index (χ0n) is 10.0. The van der Waals surface area contributed by atoms with Gasteiger partial charge in [-0.1, -0.05) is 19.3 Å². The van der Waals surface area contributed by atoms with Crippen LogP contribution >= 0.6 is 0 Å². The third kappa shape index (κ3) is 4.63. The maximum absolute atomic E-state index is 11.5. The van der Waals surface area contributed by atoms with Gasteiger partial charge in [-0.2, -0.15) is 5.26 Å². The Balaban J connectivity index is 2.19. The minimum absolute atomic E-state index is 0.0309. The summed E-state index contributed by atoms with van der Waals surface area (Å²) in [7, 11) is 2.01. The van der Waals surface area contributed by atoms with Crippen LogP contribution in [0.3, 0.4) is 0 Å². The van der Waals surface area contributed by atoms with Crippen LogP contribution in [0.4, 0.5) is 0 Å². The maximum atomic E-state index is 11.5. The van der Waals surface area contributed by atoms with E-state index in [9.17, 15) is 4.79 Å². The summed E-state index contributed by atoms with van der Waals surface area (Å²) in [5, 5.41) is 11.1. The maximum Gasteiger partial charge on any atom is 0.234 e. The normalized spacial score (nSPS) is 17.1. The Kier molecular flexibility index (Phi) is 5.87. The molecule has 90 valence electrons. The zero-order valence-corrected chi connectivity index (χ0v) is 10.0. The number of nitrogens with one attached hydrogen (secondary N) is 1. The fourth-order valence-corrected chi connectivity index (χ4v) is 2.19. The van der Waals surface area contributed by atoms with Crippen molar-refractivity contribution in [3.8, 4) is 6.07 Å². The standard InChI is InChI=1S/C12H21N3O/c1-15(11-6-3-2-4-7-11)10-12(16)14-9-5-8-13/h11H,2-7,9-10H2,1H3,(H,14,16). The van der Waals surface area contributed by atoms with Crippen molar-refractivity contribution < 1.29 is 4.79 Å². The molecule has 0 aromatic heterocycles. The lowest BCUT2D eigenvalue weighted by Gasteiger charge is -2.30. The van der Waals surface area contributed by atoms with E-state index in [0.717, 1.165) is 0 Å². The molecule has 1 saturated carbocycles. The summed E-state index contributed by atoms with van der Waals surface area (Å²) in [6.07, 6.45) is 6.71. The van der Waals surface area contributed by atoms with Crippen LogP contribution in [0.15, 0.2) is 0 Å². The van der Waals surface area contributed by atoms with Crippen molar-refractivity contribution >= 4 is 5.91 Å². The number of nitrogens with zero attached hydrogens (tertiary/aromatic N) is 2. The highest BCUT2D eigenvalue weighted by molar-refractivity contribution is 5.77. The van der Waals surface area contributed by atoms with Crippen molar-refractivity contribution in [1.29, 1.82) is 5.26 Å². The van der Waals surface area contributed by atoms with Gasteiger partial charge in [-0.25, -0.2) is 0 Å². The van der Waals surface area contributed by atoms with Crippen LogP contribution in [-0.4, -0.2) is 37.0 Å². The quantitative estimate of drug-likeness (QED) is 0.714. The molecule has 4 nitrogen and oxygen atoms in total. The first-order valence-corrected chi connectivity index (χ1v) is 6.08. The zero-order chi connectivity index (χ0) is 11.8. The fraction of sp³-hybridized carbons (Fsp3) is 0.833.